The molecule has 2 aliphatic rings. The molecule has 1 aromatic carbocycles. The van der Waals surface area contributed by atoms with E-state index in [1.54, 1.807) is 0 Å². The van der Waals surface area contributed by atoms with E-state index in [-0.39, 0.29) is 23.3 Å². The molecule has 6 nitrogen and oxygen atoms in total. The number of benzene rings is 1. The lowest BCUT2D eigenvalue weighted by molar-refractivity contribution is -0.141. The van der Waals surface area contributed by atoms with Gasteiger partial charge in [-0.3, -0.25) is 9.59 Å². The van der Waals surface area contributed by atoms with Gasteiger partial charge in [-0.15, -0.1) is 0 Å². The van der Waals surface area contributed by atoms with Crippen molar-refractivity contribution in [3.05, 3.63) is 29.8 Å². The lowest BCUT2D eigenvalue weighted by Gasteiger charge is -2.24. The molecule has 1 aromatic rings. The van der Waals surface area contributed by atoms with Crippen molar-refractivity contribution < 1.29 is 19.1 Å². The van der Waals surface area contributed by atoms with Crippen molar-refractivity contribution in [2.24, 2.45) is 0 Å². The molecular formula is C24H36N2O4. The quantitative estimate of drug-likeness (QED) is 0.667. The summed E-state index contributed by atoms with van der Waals surface area (Å²) in [7, 11) is 0. The van der Waals surface area contributed by atoms with E-state index in [2.05, 4.69) is 32.9 Å². The van der Waals surface area contributed by atoms with E-state index in [0.717, 1.165) is 25.0 Å². The highest BCUT2D eigenvalue weighted by Gasteiger charge is 2.30. The van der Waals surface area contributed by atoms with Crippen LogP contribution in [-0.4, -0.2) is 67.1 Å². The molecule has 1 unspecified atom stereocenters. The summed E-state index contributed by atoms with van der Waals surface area (Å²) in [4.78, 5) is 28.9. The first kappa shape index (κ1) is 22.6. The number of carbonyl (C=O) groups is 2. The molecule has 6 heteroatoms. The Balaban J connectivity index is 1.37. The molecule has 0 N–H and O–H groups in total. The van der Waals surface area contributed by atoms with Crippen molar-refractivity contribution in [1.82, 2.24) is 9.80 Å². The van der Waals surface area contributed by atoms with Crippen molar-refractivity contribution in [2.75, 3.05) is 39.4 Å². The minimum Gasteiger partial charge on any atom is -0.494 e. The van der Waals surface area contributed by atoms with Gasteiger partial charge in [0.25, 0.3) is 5.91 Å². The minimum absolute atomic E-state index is 0.0904. The Morgan fingerprint density at radius 3 is 2.40 bits per heavy atom. The smallest absolute Gasteiger partial charge is 0.251 e. The maximum absolute atomic E-state index is 12.6. The molecule has 1 atom stereocenters. The van der Waals surface area contributed by atoms with Gasteiger partial charge < -0.3 is 19.3 Å². The number of hydrogen-bond acceptors (Lipinski definition) is 4. The Morgan fingerprint density at radius 2 is 1.73 bits per heavy atom. The number of hydrogen-bond donors (Lipinski definition) is 0. The van der Waals surface area contributed by atoms with Gasteiger partial charge in [-0.1, -0.05) is 32.9 Å². The number of rotatable bonds is 6. The topological polar surface area (TPSA) is 59.1 Å². The Labute approximate surface area is 180 Å². The van der Waals surface area contributed by atoms with Crippen LogP contribution >= 0.6 is 0 Å². The highest BCUT2D eigenvalue weighted by Crippen LogP contribution is 2.24. The fraction of sp³-hybridized carbons (Fsp3) is 0.667. The van der Waals surface area contributed by atoms with Gasteiger partial charge in [-0.25, -0.2) is 0 Å². The fourth-order valence-electron chi connectivity index (χ4n) is 3.99. The molecule has 0 saturated carbocycles. The van der Waals surface area contributed by atoms with Crippen LogP contribution < -0.4 is 4.74 Å². The van der Waals surface area contributed by atoms with Crippen LogP contribution in [0.4, 0.5) is 0 Å². The van der Waals surface area contributed by atoms with Gasteiger partial charge in [0.15, 0.2) is 0 Å². The number of carbonyl (C=O) groups excluding carboxylic acids is 2. The maximum Gasteiger partial charge on any atom is 0.251 e. The molecule has 0 spiro atoms. The fourth-order valence-corrected chi connectivity index (χ4v) is 3.99. The molecule has 2 fully saturated rings. The molecule has 2 heterocycles. The molecule has 0 radical (unpaired) electrons. The molecule has 166 valence electrons. The Hall–Kier alpha value is -2.08. The van der Waals surface area contributed by atoms with Crippen molar-refractivity contribution in [1.29, 1.82) is 0 Å². The van der Waals surface area contributed by atoms with Crippen LogP contribution in [0.15, 0.2) is 24.3 Å². The van der Waals surface area contributed by atoms with Crippen LogP contribution in [0.2, 0.25) is 0 Å². The van der Waals surface area contributed by atoms with Gasteiger partial charge in [0.05, 0.1) is 6.61 Å². The summed E-state index contributed by atoms with van der Waals surface area (Å²) in [5, 5.41) is 0. The highest BCUT2D eigenvalue weighted by molar-refractivity contribution is 5.81. The van der Waals surface area contributed by atoms with Crippen LogP contribution in [0.25, 0.3) is 0 Å². The van der Waals surface area contributed by atoms with E-state index < -0.39 is 0 Å². The third-order valence-corrected chi connectivity index (χ3v) is 5.89. The second kappa shape index (κ2) is 10.3. The molecule has 3 rings (SSSR count). The third kappa shape index (κ3) is 6.21. The van der Waals surface area contributed by atoms with Crippen molar-refractivity contribution in [3.8, 4) is 5.75 Å². The first-order valence-corrected chi connectivity index (χ1v) is 11.3. The van der Waals surface area contributed by atoms with Crippen LogP contribution in [0.1, 0.15) is 58.4 Å². The summed E-state index contributed by atoms with van der Waals surface area (Å²) >= 11 is 0. The van der Waals surface area contributed by atoms with Gasteiger partial charge in [-0.05, 0) is 48.8 Å². The van der Waals surface area contributed by atoms with Crippen LogP contribution in [0, 0.1) is 0 Å². The zero-order valence-electron chi connectivity index (χ0n) is 18.7. The predicted octanol–water partition coefficient (Wildman–Crippen LogP) is 3.38. The molecule has 2 aliphatic heterocycles. The van der Waals surface area contributed by atoms with Gasteiger partial charge in [0.1, 0.15) is 11.9 Å². The van der Waals surface area contributed by atoms with E-state index in [1.165, 1.54) is 5.56 Å². The summed E-state index contributed by atoms with van der Waals surface area (Å²) in [6.45, 7) is 10.4. The van der Waals surface area contributed by atoms with Gasteiger partial charge in [0.2, 0.25) is 5.91 Å². The Kier molecular flexibility index (Phi) is 7.75. The molecule has 30 heavy (non-hydrogen) atoms. The summed E-state index contributed by atoms with van der Waals surface area (Å²) in [6, 6.07) is 8.19. The monoisotopic (exact) mass is 416 g/mol. The van der Waals surface area contributed by atoms with E-state index in [1.807, 2.05) is 21.9 Å². The summed E-state index contributed by atoms with van der Waals surface area (Å²) in [5.74, 6) is 1.08. The highest BCUT2D eigenvalue weighted by atomic mass is 16.5. The first-order chi connectivity index (χ1) is 14.3. The lowest BCUT2D eigenvalue weighted by atomic mass is 9.87. The average Bonchev–Trinajstić information content (AvgIpc) is 3.14. The molecule has 2 amide bonds. The molecule has 0 aromatic heterocycles. The predicted molar refractivity (Wildman–Crippen MR) is 117 cm³/mol. The minimum atomic E-state index is -0.276. The first-order valence-electron chi connectivity index (χ1n) is 11.3. The summed E-state index contributed by atoms with van der Waals surface area (Å²) in [6.07, 6.45) is 3.48. The second-order valence-electron chi connectivity index (χ2n) is 9.29. The maximum atomic E-state index is 12.6. The van der Waals surface area contributed by atoms with Crippen LogP contribution in [0.5, 0.6) is 5.75 Å². The zero-order valence-corrected chi connectivity index (χ0v) is 18.7. The lowest BCUT2D eigenvalue weighted by Crippen LogP contribution is -2.41. The van der Waals surface area contributed by atoms with Crippen LogP contribution in [-0.2, 0) is 19.7 Å². The standard InChI is InChI=1S/C24H36N2O4/c1-24(2,3)19-9-11-20(12-10-19)29-17-5-8-22(27)25-13-6-14-26(16-15-25)23(28)21-7-4-18-30-21/h9-12,21H,4-8,13-18H2,1-3H3. The molecule has 0 aliphatic carbocycles. The van der Waals surface area contributed by atoms with Crippen molar-refractivity contribution in [2.45, 2.75) is 64.4 Å². The van der Waals surface area contributed by atoms with E-state index in [0.29, 0.717) is 52.2 Å². The van der Waals surface area contributed by atoms with Gasteiger partial charge in [-0.2, -0.15) is 0 Å². The Bertz CT molecular complexity index is 705. The van der Waals surface area contributed by atoms with E-state index in [4.69, 9.17) is 9.47 Å². The SMILES string of the molecule is CC(C)(C)c1ccc(OCCCC(=O)N2CCCN(C(=O)C3CCCO3)CC2)cc1. The normalized spacial score (nSPS) is 20.2. The van der Waals surface area contributed by atoms with Crippen molar-refractivity contribution >= 4 is 11.8 Å². The molecule has 2 saturated heterocycles. The summed E-state index contributed by atoms with van der Waals surface area (Å²) in [5.41, 5.74) is 1.40. The van der Waals surface area contributed by atoms with Crippen LogP contribution in [0.3, 0.4) is 0 Å². The number of ether oxygens (including phenoxy) is 2. The van der Waals surface area contributed by atoms with E-state index >= 15 is 0 Å². The van der Waals surface area contributed by atoms with Gasteiger partial charge >= 0.3 is 0 Å². The van der Waals surface area contributed by atoms with E-state index in [9.17, 15) is 9.59 Å². The molecular weight excluding hydrogens is 380 g/mol. The average molecular weight is 417 g/mol. The number of nitrogens with zero attached hydrogens (tertiary/aromatic N) is 2. The summed E-state index contributed by atoms with van der Waals surface area (Å²) < 4.78 is 11.3. The third-order valence-electron chi connectivity index (χ3n) is 5.89. The largest absolute Gasteiger partial charge is 0.494 e. The number of amides is 2. The van der Waals surface area contributed by atoms with Crippen molar-refractivity contribution in [3.63, 3.8) is 0 Å². The second-order valence-corrected chi connectivity index (χ2v) is 9.29. The molecule has 0 bridgehead atoms. The zero-order chi connectivity index (χ0) is 21.6. The Morgan fingerprint density at radius 1 is 1.03 bits per heavy atom. The van der Waals surface area contributed by atoms with Gasteiger partial charge in [0, 0.05) is 39.2 Å².